The Labute approximate surface area is 87.8 Å². The molecule has 0 amide bonds. The van der Waals surface area contributed by atoms with Crippen molar-refractivity contribution in [2.45, 2.75) is 39.3 Å². The summed E-state index contributed by atoms with van der Waals surface area (Å²) in [7, 11) is 0. The van der Waals surface area contributed by atoms with E-state index in [-0.39, 0.29) is 0 Å². The third-order valence-electron chi connectivity index (χ3n) is 2.69. The average Bonchev–Trinajstić information content (AvgIpc) is 2.18. The van der Waals surface area contributed by atoms with Gasteiger partial charge in [0.1, 0.15) is 0 Å². The number of hydrogen-bond donors (Lipinski definition) is 1. The van der Waals surface area contributed by atoms with Gasteiger partial charge in [-0.2, -0.15) is 0 Å². The fourth-order valence-electron chi connectivity index (χ4n) is 1.78. The Morgan fingerprint density at radius 3 is 2.93 bits per heavy atom. The van der Waals surface area contributed by atoms with Crippen LogP contribution in [0.2, 0.25) is 0 Å². The Bertz CT molecular complexity index is 150. The lowest BCUT2D eigenvalue weighted by Crippen LogP contribution is -2.43. The van der Waals surface area contributed by atoms with Crippen molar-refractivity contribution in [3.63, 3.8) is 0 Å². The normalized spacial score (nSPS) is 24.4. The van der Waals surface area contributed by atoms with E-state index in [1.165, 1.54) is 0 Å². The van der Waals surface area contributed by atoms with Gasteiger partial charge in [-0.05, 0) is 19.5 Å². The van der Waals surface area contributed by atoms with Gasteiger partial charge in [0.15, 0.2) is 0 Å². The van der Waals surface area contributed by atoms with E-state index in [0.717, 1.165) is 39.2 Å². The number of nitrogens with one attached hydrogen (secondary N) is 1. The SMILES string of the molecule is CCN1CCO[C@H](CCNC(C)C)C1. The number of nitrogens with zero attached hydrogens (tertiary/aromatic N) is 1. The van der Waals surface area contributed by atoms with Crippen LogP contribution in [-0.4, -0.2) is 49.8 Å². The van der Waals surface area contributed by atoms with Gasteiger partial charge < -0.3 is 10.1 Å². The van der Waals surface area contributed by atoms with Gasteiger partial charge in [-0.1, -0.05) is 20.8 Å². The fraction of sp³-hybridized carbons (Fsp3) is 1.00. The minimum absolute atomic E-state index is 0.440. The highest BCUT2D eigenvalue weighted by molar-refractivity contribution is 4.71. The van der Waals surface area contributed by atoms with Crippen molar-refractivity contribution in [1.29, 1.82) is 0 Å². The standard InChI is InChI=1S/C11H24N2O/c1-4-13-7-8-14-11(9-13)5-6-12-10(2)3/h10-12H,4-9H2,1-3H3/t11-/m1/s1. The molecule has 0 bridgehead atoms. The van der Waals surface area contributed by atoms with Crippen molar-refractivity contribution in [3.8, 4) is 0 Å². The molecule has 1 fully saturated rings. The molecule has 1 aliphatic rings. The number of ether oxygens (including phenoxy) is 1. The Hall–Kier alpha value is -0.120. The van der Waals surface area contributed by atoms with Crippen LogP contribution in [0, 0.1) is 0 Å². The molecule has 1 N–H and O–H groups in total. The van der Waals surface area contributed by atoms with Gasteiger partial charge in [-0.15, -0.1) is 0 Å². The van der Waals surface area contributed by atoms with Crippen LogP contribution >= 0.6 is 0 Å². The van der Waals surface area contributed by atoms with E-state index in [4.69, 9.17) is 4.74 Å². The predicted octanol–water partition coefficient (Wildman–Crippen LogP) is 1.10. The summed E-state index contributed by atoms with van der Waals surface area (Å²) >= 11 is 0. The van der Waals surface area contributed by atoms with Gasteiger partial charge >= 0.3 is 0 Å². The highest BCUT2D eigenvalue weighted by Crippen LogP contribution is 2.07. The van der Waals surface area contributed by atoms with Crippen LogP contribution in [0.5, 0.6) is 0 Å². The monoisotopic (exact) mass is 200 g/mol. The van der Waals surface area contributed by atoms with Crippen molar-refractivity contribution >= 4 is 0 Å². The summed E-state index contributed by atoms with van der Waals surface area (Å²) in [5.41, 5.74) is 0. The molecule has 1 rings (SSSR count). The molecule has 0 radical (unpaired) electrons. The zero-order chi connectivity index (χ0) is 10.4. The number of likely N-dealkylation sites (N-methyl/N-ethyl adjacent to an activating group) is 1. The van der Waals surface area contributed by atoms with Crippen molar-refractivity contribution in [2.24, 2.45) is 0 Å². The van der Waals surface area contributed by atoms with Gasteiger partial charge in [0.2, 0.25) is 0 Å². The summed E-state index contributed by atoms with van der Waals surface area (Å²) in [6.07, 6.45) is 1.57. The summed E-state index contributed by atoms with van der Waals surface area (Å²) in [5.74, 6) is 0. The van der Waals surface area contributed by atoms with Crippen molar-refractivity contribution < 1.29 is 4.74 Å². The quantitative estimate of drug-likeness (QED) is 0.719. The molecule has 84 valence electrons. The molecule has 0 aromatic rings. The highest BCUT2D eigenvalue weighted by Gasteiger charge is 2.18. The van der Waals surface area contributed by atoms with Gasteiger partial charge in [0, 0.05) is 19.1 Å². The van der Waals surface area contributed by atoms with E-state index in [9.17, 15) is 0 Å². The lowest BCUT2D eigenvalue weighted by atomic mass is 10.2. The first-order chi connectivity index (χ1) is 6.72. The maximum atomic E-state index is 5.71. The minimum Gasteiger partial charge on any atom is -0.376 e. The molecular weight excluding hydrogens is 176 g/mol. The van der Waals surface area contributed by atoms with Crippen LogP contribution < -0.4 is 5.32 Å². The Morgan fingerprint density at radius 2 is 2.29 bits per heavy atom. The third kappa shape index (κ3) is 4.40. The molecule has 3 heteroatoms. The highest BCUT2D eigenvalue weighted by atomic mass is 16.5. The van der Waals surface area contributed by atoms with Crippen molar-refractivity contribution in [2.75, 3.05) is 32.8 Å². The van der Waals surface area contributed by atoms with E-state index in [1.807, 2.05) is 0 Å². The molecule has 1 heterocycles. The maximum Gasteiger partial charge on any atom is 0.0714 e. The largest absolute Gasteiger partial charge is 0.376 e. The topological polar surface area (TPSA) is 24.5 Å². The number of rotatable bonds is 5. The smallest absolute Gasteiger partial charge is 0.0714 e. The molecule has 0 aromatic carbocycles. The summed E-state index contributed by atoms with van der Waals surface area (Å²) in [6.45, 7) is 11.9. The zero-order valence-corrected chi connectivity index (χ0v) is 9.75. The van der Waals surface area contributed by atoms with Crippen LogP contribution in [0.3, 0.4) is 0 Å². The lowest BCUT2D eigenvalue weighted by molar-refractivity contribution is -0.0299. The van der Waals surface area contributed by atoms with Gasteiger partial charge in [0.25, 0.3) is 0 Å². The number of morpholine rings is 1. The van der Waals surface area contributed by atoms with Crippen LogP contribution in [-0.2, 0) is 4.74 Å². The van der Waals surface area contributed by atoms with Crippen molar-refractivity contribution in [1.82, 2.24) is 10.2 Å². The molecule has 1 atom stereocenters. The Morgan fingerprint density at radius 1 is 1.50 bits per heavy atom. The molecule has 0 aromatic heterocycles. The maximum absolute atomic E-state index is 5.71. The second-order valence-corrected chi connectivity index (χ2v) is 4.28. The van der Waals surface area contributed by atoms with Crippen LogP contribution in [0.4, 0.5) is 0 Å². The number of hydrogen-bond acceptors (Lipinski definition) is 3. The molecule has 0 unspecified atom stereocenters. The third-order valence-corrected chi connectivity index (χ3v) is 2.69. The summed E-state index contributed by atoms with van der Waals surface area (Å²) in [4.78, 5) is 2.46. The van der Waals surface area contributed by atoms with Gasteiger partial charge in [-0.25, -0.2) is 0 Å². The van der Waals surface area contributed by atoms with Gasteiger partial charge in [-0.3, -0.25) is 4.90 Å². The zero-order valence-electron chi connectivity index (χ0n) is 9.75. The fourth-order valence-corrected chi connectivity index (χ4v) is 1.78. The molecule has 3 nitrogen and oxygen atoms in total. The van der Waals surface area contributed by atoms with Crippen LogP contribution in [0.25, 0.3) is 0 Å². The Kier molecular flexibility index (Phi) is 5.45. The molecule has 0 aliphatic carbocycles. The summed E-state index contributed by atoms with van der Waals surface area (Å²) < 4.78 is 5.71. The van der Waals surface area contributed by atoms with E-state index >= 15 is 0 Å². The molecular formula is C11H24N2O. The molecule has 14 heavy (non-hydrogen) atoms. The van der Waals surface area contributed by atoms with Gasteiger partial charge in [0.05, 0.1) is 12.7 Å². The molecule has 0 saturated carbocycles. The van der Waals surface area contributed by atoms with E-state index in [2.05, 4.69) is 31.0 Å². The first kappa shape index (κ1) is 12.0. The lowest BCUT2D eigenvalue weighted by Gasteiger charge is -2.32. The average molecular weight is 200 g/mol. The molecule has 1 aliphatic heterocycles. The Balaban J connectivity index is 2.11. The minimum atomic E-state index is 0.440. The van der Waals surface area contributed by atoms with Crippen molar-refractivity contribution in [3.05, 3.63) is 0 Å². The second-order valence-electron chi connectivity index (χ2n) is 4.28. The predicted molar refractivity (Wildman–Crippen MR) is 59.6 cm³/mol. The van der Waals surface area contributed by atoms with E-state index in [1.54, 1.807) is 0 Å². The first-order valence-corrected chi connectivity index (χ1v) is 5.79. The molecule has 0 spiro atoms. The summed E-state index contributed by atoms with van der Waals surface area (Å²) in [5, 5.41) is 3.43. The summed E-state index contributed by atoms with van der Waals surface area (Å²) in [6, 6.07) is 0.584. The second kappa shape index (κ2) is 6.38. The molecule has 1 saturated heterocycles. The van der Waals surface area contributed by atoms with E-state index < -0.39 is 0 Å². The van der Waals surface area contributed by atoms with Crippen LogP contribution in [0.1, 0.15) is 27.2 Å². The van der Waals surface area contributed by atoms with E-state index in [0.29, 0.717) is 12.1 Å². The first-order valence-electron chi connectivity index (χ1n) is 5.79. The van der Waals surface area contributed by atoms with Crippen LogP contribution in [0.15, 0.2) is 0 Å².